The van der Waals surface area contributed by atoms with Crippen molar-refractivity contribution < 1.29 is 9.90 Å². The van der Waals surface area contributed by atoms with Crippen LogP contribution in [0, 0.1) is 5.92 Å². The van der Waals surface area contributed by atoms with Crippen LogP contribution in [0.1, 0.15) is 58.7 Å². The van der Waals surface area contributed by atoms with Crippen LogP contribution in [0.4, 0.5) is 0 Å². The minimum atomic E-state index is -0.226. The van der Waals surface area contributed by atoms with E-state index in [4.69, 9.17) is 0 Å². The summed E-state index contributed by atoms with van der Waals surface area (Å²) in [6.07, 6.45) is 3.63. The van der Waals surface area contributed by atoms with Crippen molar-refractivity contribution in [1.29, 1.82) is 0 Å². The van der Waals surface area contributed by atoms with Gasteiger partial charge < -0.3 is 10.4 Å². The number of H-pyrrole nitrogens is 1. The van der Waals surface area contributed by atoms with E-state index in [0.717, 1.165) is 23.4 Å². The Labute approximate surface area is 132 Å². The van der Waals surface area contributed by atoms with Gasteiger partial charge in [-0.3, -0.25) is 9.89 Å². The van der Waals surface area contributed by atoms with Gasteiger partial charge in [-0.2, -0.15) is 5.10 Å². The van der Waals surface area contributed by atoms with Crippen LogP contribution >= 0.6 is 11.3 Å². The molecule has 1 amide bonds. The summed E-state index contributed by atoms with van der Waals surface area (Å²) < 4.78 is 0. The number of thiophene rings is 1. The molecular formula is C16H19N3O2S. The Balaban J connectivity index is 1.49. The first-order chi connectivity index (χ1) is 10.7. The third-order valence-electron chi connectivity index (χ3n) is 4.60. The molecule has 2 aliphatic rings. The molecule has 5 nitrogen and oxygen atoms in total. The van der Waals surface area contributed by atoms with E-state index in [2.05, 4.69) is 15.5 Å². The molecule has 2 aromatic heterocycles. The summed E-state index contributed by atoms with van der Waals surface area (Å²) in [5.41, 5.74) is 1.53. The quantitative estimate of drug-likeness (QED) is 0.793. The molecule has 2 saturated carbocycles. The van der Waals surface area contributed by atoms with Gasteiger partial charge in [-0.05, 0) is 49.1 Å². The topological polar surface area (TPSA) is 78.0 Å². The fourth-order valence-corrected chi connectivity index (χ4v) is 3.93. The first-order valence-corrected chi connectivity index (χ1v) is 8.66. The number of hydrogen-bond donors (Lipinski definition) is 3. The van der Waals surface area contributed by atoms with Crippen LogP contribution in [0.3, 0.4) is 0 Å². The lowest BCUT2D eigenvalue weighted by Crippen LogP contribution is -2.41. The molecule has 1 unspecified atom stereocenters. The van der Waals surface area contributed by atoms with Gasteiger partial charge in [0.15, 0.2) is 0 Å². The van der Waals surface area contributed by atoms with Crippen LogP contribution in [-0.4, -0.2) is 27.3 Å². The van der Waals surface area contributed by atoms with Gasteiger partial charge in [-0.15, -0.1) is 11.3 Å². The lowest BCUT2D eigenvalue weighted by atomic mass is 9.76. The third-order valence-corrected chi connectivity index (χ3v) is 5.56. The van der Waals surface area contributed by atoms with Gasteiger partial charge in [0.1, 0.15) is 5.69 Å². The van der Waals surface area contributed by atoms with E-state index in [1.165, 1.54) is 12.8 Å². The Morgan fingerprint density at radius 1 is 1.45 bits per heavy atom. The number of amides is 1. The molecule has 22 heavy (non-hydrogen) atoms. The van der Waals surface area contributed by atoms with Crippen molar-refractivity contribution in [2.75, 3.05) is 0 Å². The fourth-order valence-electron chi connectivity index (χ4n) is 3.06. The molecule has 4 rings (SSSR count). The molecule has 0 aromatic carbocycles. The van der Waals surface area contributed by atoms with Crippen LogP contribution < -0.4 is 5.32 Å². The average molecular weight is 317 g/mol. The standard InChI is InChI=1S/C16H19N3O2S/c20-11-6-10(7-11)15(14-2-1-5-22-14)17-16(21)13-8-12(18-19-13)9-3-4-9/h1-2,5,8-11,15,20H,3-4,6-7H2,(H,17,21)(H,18,19). The Morgan fingerprint density at radius 2 is 2.27 bits per heavy atom. The fraction of sp³-hybridized carbons (Fsp3) is 0.500. The largest absolute Gasteiger partial charge is 0.393 e. The highest BCUT2D eigenvalue weighted by molar-refractivity contribution is 7.10. The second kappa shape index (κ2) is 5.52. The lowest BCUT2D eigenvalue weighted by molar-refractivity contribution is 0.0240. The zero-order valence-electron chi connectivity index (χ0n) is 12.2. The molecular weight excluding hydrogens is 298 g/mol. The molecule has 2 aromatic rings. The van der Waals surface area contributed by atoms with Crippen molar-refractivity contribution in [3.05, 3.63) is 39.8 Å². The first-order valence-electron chi connectivity index (χ1n) is 7.78. The van der Waals surface area contributed by atoms with E-state index < -0.39 is 0 Å². The Kier molecular flexibility index (Phi) is 3.50. The minimum absolute atomic E-state index is 0.0306. The summed E-state index contributed by atoms with van der Waals surface area (Å²) in [7, 11) is 0. The zero-order valence-corrected chi connectivity index (χ0v) is 13.0. The summed E-state index contributed by atoms with van der Waals surface area (Å²) in [4.78, 5) is 13.6. The molecule has 0 radical (unpaired) electrons. The summed E-state index contributed by atoms with van der Waals surface area (Å²) in [6, 6.07) is 5.87. The molecule has 0 saturated heterocycles. The molecule has 0 aliphatic heterocycles. The highest BCUT2D eigenvalue weighted by atomic mass is 32.1. The van der Waals surface area contributed by atoms with Crippen LogP contribution in [-0.2, 0) is 0 Å². The number of aromatic amines is 1. The maximum atomic E-state index is 12.5. The van der Waals surface area contributed by atoms with E-state index in [0.29, 0.717) is 17.5 Å². The van der Waals surface area contributed by atoms with Crippen molar-refractivity contribution >= 4 is 17.2 Å². The molecule has 6 heteroatoms. The highest BCUT2D eigenvalue weighted by Crippen LogP contribution is 2.40. The van der Waals surface area contributed by atoms with Crippen molar-refractivity contribution in [3.8, 4) is 0 Å². The number of rotatable bonds is 5. The van der Waals surface area contributed by atoms with Gasteiger partial charge in [-0.1, -0.05) is 6.07 Å². The molecule has 116 valence electrons. The number of carbonyl (C=O) groups is 1. The maximum absolute atomic E-state index is 12.5. The molecule has 2 fully saturated rings. The summed E-state index contributed by atoms with van der Waals surface area (Å²) >= 11 is 1.64. The number of nitrogens with zero attached hydrogens (tertiary/aromatic N) is 1. The first kappa shape index (κ1) is 14.0. The number of aliphatic hydroxyl groups excluding tert-OH is 1. The lowest BCUT2D eigenvalue weighted by Gasteiger charge is -2.37. The second-order valence-corrected chi connectivity index (χ2v) is 7.31. The molecule has 0 spiro atoms. The Bertz CT molecular complexity index is 657. The van der Waals surface area contributed by atoms with Gasteiger partial charge in [-0.25, -0.2) is 0 Å². The predicted octanol–water partition coefficient (Wildman–Crippen LogP) is 2.59. The Hall–Kier alpha value is -1.66. The van der Waals surface area contributed by atoms with E-state index >= 15 is 0 Å². The number of carbonyl (C=O) groups excluding carboxylic acids is 1. The molecule has 3 N–H and O–H groups in total. The van der Waals surface area contributed by atoms with Crippen LogP contribution in [0.5, 0.6) is 0 Å². The predicted molar refractivity (Wildman–Crippen MR) is 83.8 cm³/mol. The van der Waals surface area contributed by atoms with Gasteiger partial charge in [0.25, 0.3) is 5.91 Å². The summed E-state index contributed by atoms with van der Waals surface area (Å²) in [6.45, 7) is 0. The molecule has 2 aliphatic carbocycles. The van der Waals surface area contributed by atoms with E-state index in [1.807, 2.05) is 23.6 Å². The SMILES string of the molecule is O=C(NC(c1cccs1)C1CC(O)C1)c1cc(C2CC2)[nH]n1. The Morgan fingerprint density at radius 3 is 2.91 bits per heavy atom. The zero-order chi connectivity index (χ0) is 15.1. The smallest absolute Gasteiger partial charge is 0.272 e. The van der Waals surface area contributed by atoms with E-state index in [1.54, 1.807) is 11.3 Å². The monoisotopic (exact) mass is 317 g/mol. The summed E-state index contributed by atoms with van der Waals surface area (Å²) in [5.74, 6) is 0.728. The molecule has 1 atom stereocenters. The van der Waals surface area contributed by atoms with E-state index in [-0.39, 0.29) is 18.1 Å². The van der Waals surface area contributed by atoms with Gasteiger partial charge >= 0.3 is 0 Å². The number of nitrogens with one attached hydrogen (secondary N) is 2. The van der Waals surface area contributed by atoms with Gasteiger partial charge in [0, 0.05) is 16.5 Å². The van der Waals surface area contributed by atoms with Gasteiger partial charge in [0.05, 0.1) is 12.1 Å². The average Bonchev–Trinajstić information content (AvgIpc) is 3.01. The molecule has 2 heterocycles. The van der Waals surface area contributed by atoms with Crippen LogP contribution in [0.25, 0.3) is 0 Å². The van der Waals surface area contributed by atoms with Crippen molar-refractivity contribution in [2.24, 2.45) is 5.92 Å². The second-order valence-electron chi connectivity index (χ2n) is 6.33. The molecule has 0 bridgehead atoms. The minimum Gasteiger partial charge on any atom is -0.393 e. The van der Waals surface area contributed by atoms with Gasteiger partial charge in [0.2, 0.25) is 0 Å². The van der Waals surface area contributed by atoms with Crippen LogP contribution in [0.2, 0.25) is 0 Å². The summed E-state index contributed by atoms with van der Waals surface area (Å²) in [5, 5.41) is 21.8. The van der Waals surface area contributed by atoms with Crippen molar-refractivity contribution in [1.82, 2.24) is 15.5 Å². The number of aliphatic hydroxyl groups is 1. The number of aromatic nitrogens is 2. The normalized spacial score (nSPS) is 25.5. The maximum Gasteiger partial charge on any atom is 0.272 e. The highest BCUT2D eigenvalue weighted by Gasteiger charge is 2.36. The van der Waals surface area contributed by atoms with E-state index in [9.17, 15) is 9.90 Å². The number of hydrogen-bond acceptors (Lipinski definition) is 4. The van der Waals surface area contributed by atoms with Crippen molar-refractivity contribution in [2.45, 2.75) is 43.7 Å². The third kappa shape index (κ3) is 2.68. The van der Waals surface area contributed by atoms with Crippen LogP contribution in [0.15, 0.2) is 23.6 Å². The van der Waals surface area contributed by atoms with Crippen molar-refractivity contribution in [3.63, 3.8) is 0 Å².